The van der Waals surface area contributed by atoms with E-state index in [1.165, 1.54) is 16.8 Å². The molecule has 2 heterocycles. The number of ketones is 1. The SMILES string of the molecule is COc1ccc2c(c1)/C(=C/C(=O)c1cccc(C(=O)Nc3nncs3)c1)NC(C)(C)C2. The standard InChI is InChI=1S/C23H22N4O3S/c1-23(2)12-16-7-8-17(30-3)10-18(16)19(26-23)11-20(28)14-5-4-6-15(9-14)21(29)25-22-27-24-13-31-22/h4-11,13,26H,12H2,1-3H3,(H,25,27,29)/b19-11-. The Morgan fingerprint density at radius 2 is 2.00 bits per heavy atom. The fraction of sp³-hybridized carbons (Fsp3) is 0.217. The Bertz CT molecular complexity index is 1170. The molecule has 158 valence electrons. The Hall–Kier alpha value is -3.52. The fourth-order valence-electron chi connectivity index (χ4n) is 3.58. The molecule has 0 radical (unpaired) electrons. The average molecular weight is 435 g/mol. The summed E-state index contributed by atoms with van der Waals surface area (Å²) in [5, 5.41) is 14.0. The van der Waals surface area contributed by atoms with E-state index in [-0.39, 0.29) is 17.2 Å². The van der Waals surface area contributed by atoms with Crippen LogP contribution in [0, 0.1) is 0 Å². The number of benzene rings is 2. The Kier molecular flexibility index (Phi) is 5.56. The van der Waals surface area contributed by atoms with Gasteiger partial charge in [-0.3, -0.25) is 14.9 Å². The third kappa shape index (κ3) is 4.64. The quantitative estimate of drug-likeness (QED) is 0.467. The molecule has 7 nitrogen and oxygen atoms in total. The molecule has 0 fully saturated rings. The number of nitrogens with one attached hydrogen (secondary N) is 2. The van der Waals surface area contributed by atoms with E-state index in [1.807, 2.05) is 18.2 Å². The van der Waals surface area contributed by atoms with E-state index in [0.717, 1.165) is 29.0 Å². The zero-order chi connectivity index (χ0) is 22.0. The highest BCUT2D eigenvalue weighted by atomic mass is 32.1. The highest BCUT2D eigenvalue weighted by molar-refractivity contribution is 7.13. The number of amides is 1. The van der Waals surface area contributed by atoms with Crippen molar-refractivity contribution >= 4 is 33.9 Å². The van der Waals surface area contributed by atoms with Crippen LogP contribution in [0.25, 0.3) is 5.70 Å². The molecule has 4 rings (SSSR count). The lowest BCUT2D eigenvalue weighted by molar-refractivity contribution is 0.102. The molecule has 2 N–H and O–H groups in total. The third-order valence-electron chi connectivity index (χ3n) is 4.98. The molecule has 0 unspecified atom stereocenters. The van der Waals surface area contributed by atoms with Gasteiger partial charge >= 0.3 is 0 Å². The zero-order valence-corrected chi connectivity index (χ0v) is 18.2. The molecule has 31 heavy (non-hydrogen) atoms. The summed E-state index contributed by atoms with van der Waals surface area (Å²) in [4.78, 5) is 25.6. The van der Waals surface area contributed by atoms with Crippen molar-refractivity contribution in [2.45, 2.75) is 25.8 Å². The van der Waals surface area contributed by atoms with Gasteiger partial charge in [0.2, 0.25) is 5.13 Å². The Morgan fingerprint density at radius 3 is 2.74 bits per heavy atom. The first-order valence-corrected chi connectivity index (χ1v) is 10.6. The topological polar surface area (TPSA) is 93.2 Å². The smallest absolute Gasteiger partial charge is 0.257 e. The minimum absolute atomic E-state index is 0.195. The monoisotopic (exact) mass is 434 g/mol. The molecule has 3 aromatic rings. The van der Waals surface area contributed by atoms with Crippen LogP contribution in [0.2, 0.25) is 0 Å². The Balaban J connectivity index is 1.64. The van der Waals surface area contributed by atoms with E-state index >= 15 is 0 Å². The van der Waals surface area contributed by atoms with Crippen molar-refractivity contribution in [1.29, 1.82) is 0 Å². The van der Waals surface area contributed by atoms with Crippen LogP contribution in [0.1, 0.15) is 45.7 Å². The van der Waals surface area contributed by atoms with Crippen molar-refractivity contribution in [2.75, 3.05) is 12.4 Å². The summed E-state index contributed by atoms with van der Waals surface area (Å²) in [7, 11) is 1.62. The van der Waals surface area contributed by atoms with Crippen molar-refractivity contribution < 1.29 is 14.3 Å². The molecular formula is C23H22N4O3S. The maximum Gasteiger partial charge on any atom is 0.257 e. The summed E-state index contributed by atoms with van der Waals surface area (Å²) in [5.41, 5.74) is 4.96. The van der Waals surface area contributed by atoms with E-state index in [2.05, 4.69) is 34.7 Å². The van der Waals surface area contributed by atoms with E-state index in [0.29, 0.717) is 16.3 Å². The number of anilines is 1. The van der Waals surface area contributed by atoms with Crippen LogP contribution in [0.5, 0.6) is 5.75 Å². The number of allylic oxidation sites excluding steroid dienone is 1. The van der Waals surface area contributed by atoms with Crippen molar-refractivity contribution in [1.82, 2.24) is 15.5 Å². The van der Waals surface area contributed by atoms with Crippen molar-refractivity contribution in [3.63, 3.8) is 0 Å². The molecule has 8 heteroatoms. The summed E-state index contributed by atoms with van der Waals surface area (Å²) < 4.78 is 5.36. The molecule has 1 aliphatic rings. The van der Waals surface area contributed by atoms with Crippen LogP contribution in [-0.2, 0) is 6.42 Å². The van der Waals surface area contributed by atoms with Gasteiger partial charge in [0.05, 0.1) is 7.11 Å². The minimum atomic E-state index is -0.342. The first-order valence-electron chi connectivity index (χ1n) is 9.74. The lowest BCUT2D eigenvalue weighted by Crippen LogP contribution is -2.43. The molecule has 1 aromatic heterocycles. The van der Waals surface area contributed by atoms with Crippen molar-refractivity contribution in [3.05, 3.63) is 76.3 Å². The van der Waals surface area contributed by atoms with Gasteiger partial charge in [0.15, 0.2) is 5.78 Å². The number of ether oxygens (including phenoxy) is 1. The van der Waals surface area contributed by atoms with Gasteiger partial charge in [-0.15, -0.1) is 10.2 Å². The van der Waals surface area contributed by atoms with E-state index < -0.39 is 0 Å². The van der Waals surface area contributed by atoms with Crippen LogP contribution < -0.4 is 15.4 Å². The minimum Gasteiger partial charge on any atom is -0.497 e. The van der Waals surface area contributed by atoms with E-state index in [9.17, 15) is 9.59 Å². The molecule has 0 bridgehead atoms. The molecule has 0 saturated carbocycles. The maximum absolute atomic E-state index is 13.1. The number of methoxy groups -OCH3 is 1. The predicted octanol–water partition coefficient (Wildman–Crippen LogP) is 3.95. The van der Waals surface area contributed by atoms with Gasteiger partial charge < -0.3 is 10.1 Å². The van der Waals surface area contributed by atoms with E-state index in [4.69, 9.17) is 4.74 Å². The van der Waals surface area contributed by atoms with Crippen LogP contribution >= 0.6 is 11.3 Å². The second-order valence-corrected chi connectivity index (χ2v) is 8.74. The second kappa shape index (κ2) is 8.31. The predicted molar refractivity (Wildman–Crippen MR) is 121 cm³/mol. The average Bonchev–Trinajstić information content (AvgIpc) is 3.26. The van der Waals surface area contributed by atoms with Crippen molar-refractivity contribution in [2.24, 2.45) is 0 Å². The van der Waals surface area contributed by atoms with Gasteiger partial charge in [-0.2, -0.15) is 0 Å². The van der Waals surface area contributed by atoms with Gasteiger partial charge in [0.1, 0.15) is 11.3 Å². The van der Waals surface area contributed by atoms with E-state index in [1.54, 1.807) is 37.5 Å². The lowest BCUT2D eigenvalue weighted by Gasteiger charge is -2.35. The Morgan fingerprint density at radius 1 is 1.19 bits per heavy atom. The number of aromatic nitrogens is 2. The summed E-state index contributed by atoms with van der Waals surface area (Å²) >= 11 is 1.23. The first kappa shape index (κ1) is 20.7. The summed E-state index contributed by atoms with van der Waals surface area (Å²) in [5.74, 6) is 0.194. The maximum atomic E-state index is 13.1. The molecule has 2 aromatic carbocycles. The van der Waals surface area contributed by atoms with Gasteiger partial charge in [0, 0.05) is 34.0 Å². The van der Waals surface area contributed by atoms with Crippen molar-refractivity contribution in [3.8, 4) is 5.75 Å². The van der Waals surface area contributed by atoms with Crippen LogP contribution in [0.15, 0.2) is 54.1 Å². The molecule has 0 saturated heterocycles. The van der Waals surface area contributed by atoms with Gasteiger partial charge in [-0.05, 0) is 50.1 Å². The zero-order valence-electron chi connectivity index (χ0n) is 17.4. The highest BCUT2D eigenvalue weighted by Crippen LogP contribution is 2.32. The summed E-state index contributed by atoms with van der Waals surface area (Å²) in [6.45, 7) is 4.19. The van der Waals surface area contributed by atoms with Gasteiger partial charge in [-0.1, -0.05) is 29.5 Å². The highest BCUT2D eigenvalue weighted by Gasteiger charge is 2.28. The third-order valence-corrected chi connectivity index (χ3v) is 5.58. The first-order chi connectivity index (χ1) is 14.8. The molecular weight excluding hydrogens is 412 g/mol. The lowest BCUT2D eigenvalue weighted by atomic mass is 9.85. The number of rotatable bonds is 5. The molecule has 1 aliphatic heterocycles. The van der Waals surface area contributed by atoms with Gasteiger partial charge in [0.25, 0.3) is 5.91 Å². The number of hydrogen-bond donors (Lipinski definition) is 2. The normalized spacial score (nSPS) is 15.6. The van der Waals surface area contributed by atoms with Gasteiger partial charge in [-0.25, -0.2) is 0 Å². The van der Waals surface area contributed by atoms with Crippen LogP contribution in [0.3, 0.4) is 0 Å². The van der Waals surface area contributed by atoms with Crippen LogP contribution in [-0.4, -0.2) is 34.5 Å². The Labute approximate surface area is 184 Å². The fourth-order valence-corrected chi connectivity index (χ4v) is 4.02. The second-order valence-electron chi connectivity index (χ2n) is 7.91. The molecule has 0 aliphatic carbocycles. The molecule has 1 amide bonds. The van der Waals surface area contributed by atoms with Crippen LogP contribution in [0.4, 0.5) is 5.13 Å². The largest absolute Gasteiger partial charge is 0.497 e. The number of carbonyl (C=O) groups is 2. The number of nitrogens with zero attached hydrogens (tertiary/aromatic N) is 2. The molecule has 0 atom stereocenters. The summed E-state index contributed by atoms with van der Waals surface area (Å²) in [6.07, 6.45) is 2.42. The number of hydrogen-bond acceptors (Lipinski definition) is 7. The summed E-state index contributed by atoms with van der Waals surface area (Å²) in [6, 6.07) is 12.5. The number of fused-ring (bicyclic) bond motifs is 1. The molecule has 0 spiro atoms. The number of carbonyl (C=O) groups excluding carboxylic acids is 2.